The molecule has 0 atom stereocenters. The third kappa shape index (κ3) is 3.53. The van der Waals surface area contributed by atoms with Crippen molar-refractivity contribution in [2.45, 2.75) is 27.2 Å². The minimum absolute atomic E-state index is 0.615. The first-order valence-electron chi connectivity index (χ1n) is 8.56. The van der Waals surface area contributed by atoms with Crippen molar-refractivity contribution in [1.29, 1.82) is 0 Å². The van der Waals surface area contributed by atoms with Gasteiger partial charge in [-0.1, -0.05) is 38.1 Å². The van der Waals surface area contributed by atoms with Gasteiger partial charge in [-0.15, -0.1) is 0 Å². The Bertz CT molecular complexity index is 850. The molecule has 0 spiro atoms. The minimum Gasteiger partial charge on any atom is -0.253 e. The lowest BCUT2D eigenvalue weighted by Gasteiger charge is -2.09. The van der Waals surface area contributed by atoms with Gasteiger partial charge in [-0.3, -0.25) is 4.98 Å². The molecule has 2 aromatic heterocycles. The summed E-state index contributed by atoms with van der Waals surface area (Å²) in [7, 11) is 2.09. The molecule has 3 rings (SSSR count). The summed E-state index contributed by atoms with van der Waals surface area (Å²) in [6.07, 6.45) is 3.13. The summed E-state index contributed by atoms with van der Waals surface area (Å²) in [5.41, 5.74) is 7.13. The normalized spacial score (nSPS) is 11.0. The summed E-state index contributed by atoms with van der Waals surface area (Å²) in [6, 6.07) is 19.2. The van der Waals surface area contributed by atoms with Gasteiger partial charge in [0.2, 0.25) is 5.69 Å². The van der Waals surface area contributed by atoms with Crippen molar-refractivity contribution < 1.29 is 4.57 Å². The highest BCUT2D eigenvalue weighted by atomic mass is 14.9. The third-order valence-corrected chi connectivity index (χ3v) is 4.29. The Labute approximate surface area is 144 Å². The van der Waals surface area contributed by atoms with E-state index in [1.165, 1.54) is 16.8 Å². The molecule has 0 fully saturated rings. The molecule has 1 aromatic carbocycles. The molecule has 122 valence electrons. The molecule has 0 aliphatic rings. The Hall–Kier alpha value is -2.48. The summed E-state index contributed by atoms with van der Waals surface area (Å²) in [4.78, 5) is 4.86. The van der Waals surface area contributed by atoms with Crippen LogP contribution in [0.5, 0.6) is 0 Å². The Balaban J connectivity index is 2.05. The molecule has 0 radical (unpaired) electrons. The lowest BCUT2D eigenvalue weighted by molar-refractivity contribution is -0.660. The molecule has 3 aromatic rings. The summed E-state index contributed by atoms with van der Waals surface area (Å²) in [5, 5.41) is 0. The van der Waals surface area contributed by atoms with E-state index in [1.54, 1.807) is 0 Å². The molecule has 2 nitrogen and oxygen atoms in total. The summed E-state index contributed by atoms with van der Waals surface area (Å²) in [6.45, 7) is 6.61. The van der Waals surface area contributed by atoms with Crippen LogP contribution in [0.15, 0.2) is 60.8 Å². The number of aryl methyl sites for hydroxylation is 2. The Morgan fingerprint density at radius 2 is 1.79 bits per heavy atom. The smallest absolute Gasteiger partial charge is 0.213 e. The van der Waals surface area contributed by atoms with Crippen molar-refractivity contribution in [3.63, 3.8) is 0 Å². The van der Waals surface area contributed by atoms with Gasteiger partial charge in [0.25, 0.3) is 0 Å². The van der Waals surface area contributed by atoms with Crippen LogP contribution in [-0.2, 0) is 13.5 Å². The van der Waals surface area contributed by atoms with Gasteiger partial charge < -0.3 is 0 Å². The van der Waals surface area contributed by atoms with Crippen molar-refractivity contribution in [3.8, 4) is 22.5 Å². The van der Waals surface area contributed by atoms with Gasteiger partial charge in [0.05, 0.1) is 5.69 Å². The van der Waals surface area contributed by atoms with Crippen molar-refractivity contribution >= 4 is 0 Å². The minimum atomic E-state index is 0.615. The Kier molecular flexibility index (Phi) is 4.75. The van der Waals surface area contributed by atoms with E-state index in [1.807, 2.05) is 0 Å². The predicted molar refractivity (Wildman–Crippen MR) is 99.6 cm³/mol. The maximum Gasteiger partial charge on any atom is 0.213 e. The second-order valence-corrected chi connectivity index (χ2v) is 6.84. The van der Waals surface area contributed by atoms with Gasteiger partial charge in [0.1, 0.15) is 7.05 Å². The highest BCUT2D eigenvalue weighted by molar-refractivity contribution is 5.68. The van der Waals surface area contributed by atoms with Crippen LogP contribution in [0.4, 0.5) is 0 Å². The lowest BCUT2D eigenvalue weighted by Crippen LogP contribution is -2.30. The van der Waals surface area contributed by atoms with E-state index in [-0.39, 0.29) is 0 Å². The molecule has 0 saturated heterocycles. The topological polar surface area (TPSA) is 16.8 Å². The zero-order chi connectivity index (χ0) is 17.1. The van der Waals surface area contributed by atoms with E-state index in [0.29, 0.717) is 5.92 Å². The maximum absolute atomic E-state index is 4.86. The first-order chi connectivity index (χ1) is 11.5. The zero-order valence-electron chi connectivity index (χ0n) is 15.0. The summed E-state index contributed by atoms with van der Waals surface area (Å²) in [5.74, 6) is 0.615. The second-order valence-electron chi connectivity index (χ2n) is 6.84. The van der Waals surface area contributed by atoms with Crippen LogP contribution in [0.3, 0.4) is 0 Å². The monoisotopic (exact) mass is 317 g/mol. The maximum atomic E-state index is 4.86. The largest absolute Gasteiger partial charge is 0.253 e. The van der Waals surface area contributed by atoms with Gasteiger partial charge in [0, 0.05) is 29.0 Å². The highest BCUT2D eigenvalue weighted by Crippen LogP contribution is 2.25. The molecule has 24 heavy (non-hydrogen) atoms. The molecule has 0 bridgehead atoms. The van der Waals surface area contributed by atoms with Crippen molar-refractivity contribution in [1.82, 2.24) is 4.98 Å². The van der Waals surface area contributed by atoms with E-state index in [4.69, 9.17) is 4.98 Å². The number of aromatic nitrogens is 2. The van der Waals surface area contributed by atoms with E-state index in [0.717, 1.165) is 23.4 Å². The fourth-order valence-electron chi connectivity index (χ4n) is 3.03. The summed E-state index contributed by atoms with van der Waals surface area (Å²) < 4.78 is 2.17. The predicted octanol–water partition coefficient (Wildman–Crippen LogP) is 4.75. The molecule has 0 N–H and O–H groups in total. The summed E-state index contributed by atoms with van der Waals surface area (Å²) >= 11 is 0. The quantitative estimate of drug-likeness (QED) is 0.635. The van der Waals surface area contributed by atoms with Crippen LogP contribution in [0.1, 0.15) is 25.1 Å². The lowest BCUT2D eigenvalue weighted by atomic mass is 10.0. The van der Waals surface area contributed by atoms with Gasteiger partial charge in [0.15, 0.2) is 6.20 Å². The zero-order valence-corrected chi connectivity index (χ0v) is 15.0. The van der Waals surface area contributed by atoms with Crippen LogP contribution >= 0.6 is 0 Å². The Morgan fingerprint density at radius 3 is 2.54 bits per heavy atom. The van der Waals surface area contributed by atoms with E-state index in [2.05, 4.69) is 93.2 Å². The SMILES string of the molecule is Cc1ccccc1-c1cc(-c2cccc(CC(C)C)n2)cc[n+]1C. The van der Waals surface area contributed by atoms with Crippen molar-refractivity contribution in [2.75, 3.05) is 0 Å². The number of hydrogen-bond acceptors (Lipinski definition) is 1. The van der Waals surface area contributed by atoms with Gasteiger partial charge >= 0.3 is 0 Å². The molecule has 2 heteroatoms. The Morgan fingerprint density at radius 1 is 1.00 bits per heavy atom. The number of rotatable bonds is 4. The fourth-order valence-corrected chi connectivity index (χ4v) is 3.03. The molecule has 0 amide bonds. The highest BCUT2D eigenvalue weighted by Gasteiger charge is 2.14. The van der Waals surface area contributed by atoms with Crippen LogP contribution in [0.2, 0.25) is 0 Å². The first-order valence-corrected chi connectivity index (χ1v) is 8.56. The molecular weight excluding hydrogens is 292 g/mol. The third-order valence-electron chi connectivity index (χ3n) is 4.29. The number of hydrogen-bond donors (Lipinski definition) is 0. The van der Waals surface area contributed by atoms with Crippen LogP contribution in [0, 0.1) is 12.8 Å². The van der Waals surface area contributed by atoms with Crippen LogP contribution < -0.4 is 4.57 Å². The average molecular weight is 317 g/mol. The van der Waals surface area contributed by atoms with Crippen molar-refractivity contribution in [2.24, 2.45) is 13.0 Å². The number of pyridine rings is 2. The molecule has 2 heterocycles. The van der Waals surface area contributed by atoms with Gasteiger partial charge in [-0.05, 0) is 43.0 Å². The molecule has 0 saturated carbocycles. The van der Waals surface area contributed by atoms with Crippen LogP contribution in [0.25, 0.3) is 22.5 Å². The standard InChI is InChI=1S/C22H25N2/c1-16(2)14-19-9-7-11-21(23-19)18-12-13-24(4)22(15-18)20-10-6-5-8-17(20)3/h5-13,15-16H,14H2,1-4H3/q+1. The number of benzene rings is 1. The second kappa shape index (κ2) is 6.96. The van der Waals surface area contributed by atoms with Crippen LogP contribution in [-0.4, -0.2) is 4.98 Å². The van der Waals surface area contributed by atoms with Gasteiger partial charge in [-0.25, -0.2) is 4.57 Å². The number of nitrogens with zero attached hydrogens (tertiary/aromatic N) is 2. The first kappa shape index (κ1) is 16.4. The van der Waals surface area contributed by atoms with Gasteiger partial charge in [-0.2, -0.15) is 0 Å². The fraction of sp³-hybridized carbons (Fsp3) is 0.273. The average Bonchev–Trinajstić information content (AvgIpc) is 2.56. The van der Waals surface area contributed by atoms with E-state index >= 15 is 0 Å². The van der Waals surface area contributed by atoms with E-state index < -0.39 is 0 Å². The molecule has 0 unspecified atom stereocenters. The van der Waals surface area contributed by atoms with Crippen molar-refractivity contribution in [3.05, 3.63) is 72.1 Å². The molecule has 0 aliphatic heterocycles. The van der Waals surface area contributed by atoms with E-state index in [9.17, 15) is 0 Å². The molecule has 0 aliphatic carbocycles. The molecular formula is C22H25N2+.